The second kappa shape index (κ2) is 10.8. The average molecular weight is 442 g/mol. The van der Waals surface area contributed by atoms with E-state index in [0.717, 1.165) is 54.7 Å². The highest BCUT2D eigenvalue weighted by molar-refractivity contribution is 5.83. The Balaban J connectivity index is 1.42. The number of alkyl halides is 3. The zero-order valence-corrected chi connectivity index (χ0v) is 17.9. The molecule has 0 radical (unpaired) electrons. The van der Waals surface area contributed by atoms with E-state index in [4.69, 9.17) is 0 Å². The number of rotatable bonds is 8. The topological polar surface area (TPSA) is 55.5 Å². The van der Waals surface area contributed by atoms with E-state index in [1.165, 1.54) is 11.0 Å². The SMILES string of the molecule is CCNC(=NCCC1CCN(CC(F)(F)F)CC1)NCCc1c[nH]c2ccc(F)cc12. The normalized spacial score (nSPS) is 16.7. The van der Waals surface area contributed by atoms with Crippen LogP contribution in [0, 0.1) is 11.7 Å². The molecular weight excluding hydrogens is 410 g/mol. The van der Waals surface area contributed by atoms with Gasteiger partial charge in [0.25, 0.3) is 0 Å². The number of halogens is 4. The Hall–Kier alpha value is -2.29. The molecule has 3 rings (SSSR count). The van der Waals surface area contributed by atoms with Crippen molar-refractivity contribution in [2.45, 2.75) is 38.8 Å². The lowest BCUT2D eigenvalue weighted by Crippen LogP contribution is -2.40. The third-order valence-corrected chi connectivity index (χ3v) is 5.68. The zero-order chi connectivity index (χ0) is 22.3. The van der Waals surface area contributed by atoms with E-state index in [-0.39, 0.29) is 5.82 Å². The number of aromatic amines is 1. The molecule has 31 heavy (non-hydrogen) atoms. The smallest absolute Gasteiger partial charge is 0.361 e. The maximum absolute atomic E-state index is 13.5. The van der Waals surface area contributed by atoms with Crippen LogP contribution in [0.3, 0.4) is 0 Å². The first kappa shape index (κ1) is 23.4. The molecule has 1 aliphatic rings. The summed E-state index contributed by atoms with van der Waals surface area (Å²) >= 11 is 0. The maximum Gasteiger partial charge on any atom is 0.401 e. The number of aromatic nitrogens is 1. The molecule has 2 heterocycles. The van der Waals surface area contributed by atoms with Gasteiger partial charge in [0.15, 0.2) is 5.96 Å². The fourth-order valence-electron chi connectivity index (χ4n) is 4.06. The molecule has 0 saturated carbocycles. The van der Waals surface area contributed by atoms with Crippen molar-refractivity contribution >= 4 is 16.9 Å². The highest BCUT2D eigenvalue weighted by atomic mass is 19.4. The molecule has 1 aromatic carbocycles. The van der Waals surface area contributed by atoms with Gasteiger partial charge in [-0.2, -0.15) is 13.2 Å². The average Bonchev–Trinajstić information content (AvgIpc) is 3.10. The van der Waals surface area contributed by atoms with Gasteiger partial charge in [0.2, 0.25) is 0 Å². The predicted molar refractivity (Wildman–Crippen MR) is 116 cm³/mol. The van der Waals surface area contributed by atoms with E-state index in [0.29, 0.717) is 32.1 Å². The van der Waals surface area contributed by atoms with Crippen molar-refractivity contribution < 1.29 is 17.6 Å². The van der Waals surface area contributed by atoms with Crippen molar-refractivity contribution in [3.8, 4) is 0 Å². The number of fused-ring (bicyclic) bond motifs is 1. The van der Waals surface area contributed by atoms with Crippen LogP contribution < -0.4 is 10.6 Å². The molecule has 9 heteroatoms. The van der Waals surface area contributed by atoms with E-state index < -0.39 is 12.7 Å². The Morgan fingerprint density at radius 3 is 2.71 bits per heavy atom. The Morgan fingerprint density at radius 1 is 1.23 bits per heavy atom. The highest BCUT2D eigenvalue weighted by Gasteiger charge is 2.32. The van der Waals surface area contributed by atoms with Crippen molar-refractivity contribution in [1.82, 2.24) is 20.5 Å². The minimum Gasteiger partial charge on any atom is -0.361 e. The number of hydrogen-bond donors (Lipinski definition) is 3. The number of benzene rings is 1. The minimum absolute atomic E-state index is 0.250. The molecule has 1 aromatic heterocycles. The molecule has 3 N–H and O–H groups in total. The zero-order valence-electron chi connectivity index (χ0n) is 17.9. The van der Waals surface area contributed by atoms with Gasteiger partial charge in [-0.25, -0.2) is 4.39 Å². The summed E-state index contributed by atoms with van der Waals surface area (Å²) in [5, 5.41) is 7.41. The largest absolute Gasteiger partial charge is 0.401 e. The monoisotopic (exact) mass is 441 g/mol. The number of aliphatic imine (C=N–C) groups is 1. The van der Waals surface area contributed by atoms with Crippen molar-refractivity contribution in [3.63, 3.8) is 0 Å². The second-order valence-electron chi connectivity index (χ2n) is 8.06. The number of guanidine groups is 1. The summed E-state index contributed by atoms with van der Waals surface area (Å²) in [4.78, 5) is 9.26. The molecule has 1 saturated heterocycles. The lowest BCUT2D eigenvalue weighted by molar-refractivity contribution is -0.148. The Kier molecular flexibility index (Phi) is 8.17. The number of piperidine rings is 1. The summed E-state index contributed by atoms with van der Waals surface area (Å²) in [5.41, 5.74) is 1.96. The van der Waals surface area contributed by atoms with Crippen LogP contribution in [0.15, 0.2) is 29.4 Å². The summed E-state index contributed by atoms with van der Waals surface area (Å²) in [7, 11) is 0. The lowest BCUT2D eigenvalue weighted by atomic mass is 9.93. The molecule has 0 unspecified atom stereocenters. The summed E-state index contributed by atoms with van der Waals surface area (Å²) in [6.07, 6.45) is 0.953. The summed E-state index contributed by atoms with van der Waals surface area (Å²) in [6.45, 7) is 4.21. The van der Waals surface area contributed by atoms with Gasteiger partial charge in [-0.3, -0.25) is 9.89 Å². The molecule has 5 nitrogen and oxygen atoms in total. The first-order valence-electron chi connectivity index (χ1n) is 10.9. The second-order valence-corrected chi connectivity index (χ2v) is 8.06. The molecular formula is C22H31F4N5. The number of hydrogen-bond acceptors (Lipinski definition) is 2. The molecule has 172 valence electrons. The molecule has 1 aliphatic heterocycles. The minimum atomic E-state index is -4.12. The van der Waals surface area contributed by atoms with Gasteiger partial charge in [0.05, 0.1) is 6.54 Å². The molecule has 0 spiro atoms. The van der Waals surface area contributed by atoms with Gasteiger partial charge in [0.1, 0.15) is 5.82 Å². The fraction of sp³-hybridized carbons (Fsp3) is 0.591. The van der Waals surface area contributed by atoms with Crippen LogP contribution in [0.25, 0.3) is 10.9 Å². The number of nitrogens with one attached hydrogen (secondary N) is 3. The summed E-state index contributed by atoms with van der Waals surface area (Å²) < 4.78 is 51.0. The molecule has 2 aromatic rings. The van der Waals surface area contributed by atoms with Gasteiger partial charge in [-0.1, -0.05) is 0 Å². The fourth-order valence-corrected chi connectivity index (χ4v) is 4.06. The van der Waals surface area contributed by atoms with Crippen LogP contribution in [-0.2, 0) is 6.42 Å². The Labute approximate surface area is 180 Å². The molecule has 0 bridgehead atoms. The first-order valence-corrected chi connectivity index (χ1v) is 10.9. The van der Waals surface area contributed by atoms with Crippen molar-refractivity contribution in [1.29, 1.82) is 0 Å². The van der Waals surface area contributed by atoms with Crippen molar-refractivity contribution in [3.05, 3.63) is 35.8 Å². The first-order chi connectivity index (χ1) is 14.8. The van der Waals surface area contributed by atoms with Gasteiger partial charge < -0.3 is 15.6 Å². The van der Waals surface area contributed by atoms with Crippen molar-refractivity contribution in [2.75, 3.05) is 39.3 Å². The van der Waals surface area contributed by atoms with E-state index in [9.17, 15) is 17.6 Å². The third kappa shape index (κ3) is 7.41. The van der Waals surface area contributed by atoms with Gasteiger partial charge in [0, 0.05) is 36.7 Å². The van der Waals surface area contributed by atoms with E-state index in [2.05, 4.69) is 20.6 Å². The molecule has 0 amide bonds. The quantitative estimate of drug-likeness (QED) is 0.329. The van der Waals surface area contributed by atoms with Crippen LogP contribution in [0.2, 0.25) is 0 Å². The standard InChI is InChI=1S/C22H31F4N5/c1-2-27-21(28-9-5-16-7-11-31(12-8-16)15-22(24,25)26)29-10-6-17-14-30-20-4-3-18(23)13-19(17)20/h3-4,13-14,16,30H,2,5-12,15H2,1H3,(H2,27,28,29). The van der Waals surface area contributed by atoms with Gasteiger partial charge in [-0.15, -0.1) is 0 Å². The number of likely N-dealkylation sites (tertiary alicyclic amines) is 1. The van der Waals surface area contributed by atoms with E-state index in [1.54, 1.807) is 12.1 Å². The van der Waals surface area contributed by atoms with E-state index >= 15 is 0 Å². The Bertz CT molecular complexity index is 853. The maximum atomic E-state index is 13.5. The molecule has 0 atom stereocenters. The van der Waals surface area contributed by atoms with Gasteiger partial charge in [-0.05, 0) is 75.4 Å². The van der Waals surface area contributed by atoms with Crippen LogP contribution in [0.4, 0.5) is 17.6 Å². The molecule has 0 aliphatic carbocycles. The lowest BCUT2D eigenvalue weighted by Gasteiger charge is -2.32. The summed E-state index contributed by atoms with van der Waals surface area (Å²) in [5.74, 6) is 0.890. The Morgan fingerprint density at radius 2 is 2.00 bits per heavy atom. The number of nitrogens with zero attached hydrogens (tertiary/aromatic N) is 2. The number of H-pyrrole nitrogens is 1. The van der Waals surface area contributed by atoms with Crippen LogP contribution in [-0.4, -0.2) is 61.3 Å². The van der Waals surface area contributed by atoms with Crippen LogP contribution >= 0.6 is 0 Å². The predicted octanol–water partition coefficient (Wildman–Crippen LogP) is 4.07. The third-order valence-electron chi connectivity index (χ3n) is 5.68. The summed E-state index contributed by atoms with van der Waals surface area (Å²) in [6, 6.07) is 4.72. The van der Waals surface area contributed by atoms with Crippen LogP contribution in [0.1, 0.15) is 31.7 Å². The van der Waals surface area contributed by atoms with Gasteiger partial charge >= 0.3 is 6.18 Å². The van der Waals surface area contributed by atoms with Crippen LogP contribution in [0.5, 0.6) is 0 Å². The molecule has 1 fully saturated rings. The van der Waals surface area contributed by atoms with E-state index in [1.807, 2.05) is 13.1 Å². The van der Waals surface area contributed by atoms with Crippen molar-refractivity contribution in [2.24, 2.45) is 10.9 Å². The highest BCUT2D eigenvalue weighted by Crippen LogP contribution is 2.24.